The monoisotopic (exact) mass is 545 g/mol. The van der Waals surface area contributed by atoms with E-state index in [0.717, 1.165) is 0 Å². The number of nitrogens with one attached hydrogen (secondary N) is 2. The second-order valence-corrected chi connectivity index (χ2v) is 11.3. The predicted octanol–water partition coefficient (Wildman–Crippen LogP) is 4.31. The predicted molar refractivity (Wildman–Crippen MR) is 145 cm³/mol. The molecule has 4 aromatic rings. The third-order valence-corrected chi connectivity index (χ3v) is 6.98. The molecule has 4 N–H and O–H groups in total. The van der Waals surface area contributed by atoms with E-state index in [1.54, 1.807) is 25.3 Å². The number of nitrogens with zero attached hydrogens (tertiary/aromatic N) is 6. The van der Waals surface area contributed by atoms with Crippen LogP contribution in [0, 0.1) is 35.4 Å². The van der Waals surface area contributed by atoms with Crippen LogP contribution in [0.5, 0.6) is 0 Å². The van der Waals surface area contributed by atoms with Crippen LogP contribution >= 0.6 is 0 Å². The normalized spacial score (nSPS) is 14.9. The summed E-state index contributed by atoms with van der Waals surface area (Å²) in [4.78, 5) is 20.2. The van der Waals surface area contributed by atoms with Crippen molar-refractivity contribution in [1.82, 2.24) is 25.0 Å². The number of anilines is 2. The zero-order valence-corrected chi connectivity index (χ0v) is 22.6. The molecule has 0 spiro atoms. The Morgan fingerprint density at radius 1 is 1.27 bits per heavy atom. The van der Waals surface area contributed by atoms with Crippen LogP contribution in [0.2, 0.25) is 0 Å². The first kappa shape index (κ1) is 26.9. The summed E-state index contributed by atoms with van der Waals surface area (Å²) in [5.41, 5.74) is 7.19. The number of aryl methyl sites for hydroxylation is 1. The maximum atomic E-state index is 15.4. The van der Waals surface area contributed by atoms with Gasteiger partial charge in [0.05, 0.1) is 23.5 Å². The van der Waals surface area contributed by atoms with E-state index in [1.165, 1.54) is 23.0 Å². The van der Waals surface area contributed by atoms with Crippen LogP contribution in [-0.2, 0) is 10.3 Å². The van der Waals surface area contributed by atoms with Crippen LogP contribution in [0.25, 0.3) is 10.9 Å². The van der Waals surface area contributed by atoms with E-state index in [-0.39, 0.29) is 16.5 Å². The molecule has 1 fully saturated rings. The molecule has 3 aromatic heterocycles. The molecule has 0 aliphatic heterocycles. The fourth-order valence-electron chi connectivity index (χ4n) is 4.62. The summed E-state index contributed by atoms with van der Waals surface area (Å²) in [5, 5.41) is 25.2. The van der Waals surface area contributed by atoms with Crippen molar-refractivity contribution in [1.29, 1.82) is 5.26 Å². The van der Waals surface area contributed by atoms with Crippen LogP contribution in [0.15, 0.2) is 36.7 Å². The van der Waals surface area contributed by atoms with Gasteiger partial charge >= 0.3 is 0 Å². The molecule has 0 saturated heterocycles. The van der Waals surface area contributed by atoms with Crippen LogP contribution in [-0.4, -0.2) is 37.4 Å². The molecule has 10 nitrogen and oxygen atoms in total. The Balaban J connectivity index is 1.61. The lowest BCUT2D eigenvalue weighted by Crippen LogP contribution is -2.34. The number of halogens is 2. The fourth-order valence-corrected chi connectivity index (χ4v) is 4.62. The van der Waals surface area contributed by atoms with Gasteiger partial charge in [-0.15, -0.1) is 5.10 Å². The smallest absolute Gasteiger partial charge is 0.245 e. The first-order chi connectivity index (χ1) is 18.9. The number of benzene rings is 1. The molecule has 1 aliphatic carbocycles. The van der Waals surface area contributed by atoms with Crippen LogP contribution < -0.4 is 16.4 Å². The molecule has 1 amide bonds. The lowest BCUT2D eigenvalue weighted by Gasteiger charge is -2.22. The van der Waals surface area contributed by atoms with Gasteiger partial charge in [0, 0.05) is 35.1 Å². The summed E-state index contributed by atoms with van der Waals surface area (Å²) in [6.45, 7) is 8.33. The molecule has 12 heteroatoms. The van der Waals surface area contributed by atoms with E-state index in [9.17, 15) is 14.4 Å². The minimum atomic E-state index is -0.923. The molecule has 1 aromatic carbocycles. The van der Waals surface area contributed by atoms with Gasteiger partial charge in [-0.05, 0) is 43.4 Å². The van der Waals surface area contributed by atoms with Gasteiger partial charge in [-0.25, -0.2) is 14.1 Å². The van der Waals surface area contributed by atoms with Gasteiger partial charge in [-0.2, -0.15) is 9.65 Å². The van der Waals surface area contributed by atoms with Crippen molar-refractivity contribution in [2.75, 3.05) is 17.2 Å². The lowest BCUT2D eigenvalue weighted by atomic mass is 9.96. The Bertz CT molecular complexity index is 1670. The minimum absolute atomic E-state index is 0.107. The van der Waals surface area contributed by atoms with Gasteiger partial charge in [0.2, 0.25) is 11.9 Å². The number of amides is 1. The van der Waals surface area contributed by atoms with Gasteiger partial charge < -0.3 is 16.4 Å². The maximum absolute atomic E-state index is 15.4. The number of aromatic nitrogens is 5. The number of carbonyl (C=O) groups excluding carboxylic acids is 1. The number of nitrogens with two attached hydrogens (primary N) is 1. The number of primary amides is 1. The Morgan fingerprint density at radius 2 is 2.02 bits per heavy atom. The van der Waals surface area contributed by atoms with Crippen molar-refractivity contribution in [3.05, 3.63) is 70.9 Å². The summed E-state index contributed by atoms with van der Waals surface area (Å²) in [6.07, 6.45) is 4.07. The number of carbonyl (C=O) groups is 1. The maximum Gasteiger partial charge on any atom is 0.245 e. The van der Waals surface area contributed by atoms with Crippen LogP contribution in [0.3, 0.4) is 0 Å². The molecule has 1 saturated carbocycles. The van der Waals surface area contributed by atoms with Gasteiger partial charge in [-0.3, -0.25) is 9.78 Å². The number of hydrogen-bond donors (Lipinski definition) is 3. The highest BCUT2D eigenvalue weighted by Gasteiger charge is 2.52. The molecular formula is C28H29F2N9O. The standard InChI is InChI=1S/C28H29F2N9O/c1-15-18(5-6-22(30)35-15)25(21-13-39(38-37-21)28(7-8-28)26(32)40)36-17-9-19-23(34-14-27(2,3)4)16(11-31)12-33-24(19)20(29)10-17/h5-6,9-10,12-13,25,36H,7-8,14H2,1-4H3,(H2,32,40)(H,33,34). The Hall–Kier alpha value is -4.66. The first-order valence-electron chi connectivity index (χ1n) is 12.8. The summed E-state index contributed by atoms with van der Waals surface area (Å²) in [6, 6.07) is 7.19. The SMILES string of the molecule is Cc1nc(F)ccc1C(Nc1cc(F)c2ncc(C#N)c(NCC(C)(C)C)c2c1)c1cn(C2(C(N)=O)CC2)nn1. The molecule has 5 rings (SSSR count). The van der Waals surface area contributed by atoms with E-state index in [0.29, 0.717) is 53.1 Å². The molecule has 1 unspecified atom stereocenters. The van der Waals surface area contributed by atoms with E-state index >= 15 is 4.39 Å². The number of rotatable bonds is 8. The molecule has 206 valence electrons. The van der Waals surface area contributed by atoms with Gasteiger partial charge in [0.1, 0.15) is 22.8 Å². The number of pyridine rings is 2. The third kappa shape index (κ3) is 5.02. The number of fused-ring (bicyclic) bond motifs is 1. The molecular weight excluding hydrogens is 516 g/mol. The highest BCUT2D eigenvalue weighted by molar-refractivity contribution is 5.96. The van der Waals surface area contributed by atoms with E-state index in [2.05, 4.69) is 37.0 Å². The van der Waals surface area contributed by atoms with Crippen LogP contribution in [0.1, 0.15) is 62.2 Å². The minimum Gasteiger partial charge on any atom is -0.383 e. The van der Waals surface area contributed by atoms with Crippen LogP contribution in [0.4, 0.5) is 20.2 Å². The summed E-state index contributed by atoms with van der Waals surface area (Å²) < 4.78 is 30.8. The Labute approximate surface area is 229 Å². The second-order valence-electron chi connectivity index (χ2n) is 11.3. The molecule has 1 aliphatic rings. The lowest BCUT2D eigenvalue weighted by molar-refractivity contribution is -0.122. The first-order valence-corrected chi connectivity index (χ1v) is 12.8. The quantitative estimate of drug-likeness (QED) is 0.278. The van der Waals surface area contributed by atoms with Crippen molar-refractivity contribution >= 4 is 28.2 Å². The van der Waals surface area contributed by atoms with Crippen molar-refractivity contribution in [3.8, 4) is 6.07 Å². The average molecular weight is 546 g/mol. The number of hydrogen-bond acceptors (Lipinski definition) is 8. The van der Waals surface area contributed by atoms with E-state index in [1.807, 2.05) is 20.8 Å². The van der Waals surface area contributed by atoms with E-state index < -0.39 is 29.3 Å². The molecule has 40 heavy (non-hydrogen) atoms. The average Bonchev–Trinajstić information content (AvgIpc) is 3.56. The topological polar surface area (TPSA) is 147 Å². The van der Waals surface area contributed by atoms with Crippen molar-refractivity contribution in [2.24, 2.45) is 11.1 Å². The largest absolute Gasteiger partial charge is 0.383 e. The molecule has 0 radical (unpaired) electrons. The second kappa shape index (κ2) is 9.82. The summed E-state index contributed by atoms with van der Waals surface area (Å²) >= 11 is 0. The van der Waals surface area contributed by atoms with Gasteiger partial charge in [-0.1, -0.05) is 32.1 Å². The van der Waals surface area contributed by atoms with Gasteiger partial charge in [0.15, 0.2) is 5.82 Å². The third-order valence-electron chi connectivity index (χ3n) is 6.98. The molecule has 3 heterocycles. The number of nitriles is 1. The van der Waals surface area contributed by atoms with Gasteiger partial charge in [0.25, 0.3) is 0 Å². The highest BCUT2D eigenvalue weighted by atomic mass is 19.1. The van der Waals surface area contributed by atoms with E-state index in [4.69, 9.17) is 5.73 Å². The van der Waals surface area contributed by atoms with Crippen molar-refractivity contribution in [2.45, 2.75) is 52.1 Å². The van der Waals surface area contributed by atoms with Crippen molar-refractivity contribution in [3.63, 3.8) is 0 Å². The van der Waals surface area contributed by atoms with Crippen molar-refractivity contribution < 1.29 is 13.6 Å². The highest BCUT2D eigenvalue weighted by Crippen LogP contribution is 2.43. The Kier molecular flexibility index (Phi) is 6.61. The zero-order chi connectivity index (χ0) is 28.8. The fraction of sp³-hybridized carbons (Fsp3) is 0.357. The zero-order valence-electron chi connectivity index (χ0n) is 22.6. The molecule has 1 atom stereocenters. The summed E-state index contributed by atoms with van der Waals surface area (Å²) in [7, 11) is 0. The Morgan fingerprint density at radius 3 is 2.65 bits per heavy atom. The summed E-state index contributed by atoms with van der Waals surface area (Å²) in [5.74, 6) is -1.73. The molecule has 0 bridgehead atoms.